The number of nitrogens with one attached hydrogen (secondary N) is 1. The second-order valence-corrected chi connectivity index (χ2v) is 6.52. The summed E-state index contributed by atoms with van der Waals surface area (Å²) in [6, 6.07) is 2.87. The Morgan fingerprint density at radius 1 is 1.33 bits per heavy atom. The van der Waals surface area contributed by atoms with Gasteiger partial charge in [0.1, 0.15) is 11.5 Å². The summed E-state index contributed by atoms with van der Waals surface area (Å²) in [6.45, 7) is 5.97. The van der Waals surface area contributed by atoms with Crippen molar-refractivity contribution in [1.82, 2.24) is 15.0 Å². The molecule has 2 aromatic heterocycles. The molecule has 0 bridgehead atoms. The number of alkyl halides is 3. The zero-order valence-electron chi connectivity index (χ0n) is 17.9. The molecule has 0 amide bonds. The molecule has 1 aliphatic rings. The van der Waals surface area contributed by atoms with Gasteiger partial charge in [-0.25, -0.2) is 4.99 Å². The van der Waals surface area contributed by atoms with Gasteiger partial charge in [0.15, 0.2) is 5.82 Å². The molecule has 3 heterocycles. The van der Waals surface area contributed by atoms with E-state index < -0.39 is 18.8 Å². The van der Waals surface area contributed by atoms with Crippen LogP contribution in [0.5, 0.6) is 0 Å². The Bertz CT molecular complexity index is 917. The first-order valence-corrected chi connectivity index (χ1v) is 9.72. The molecular formula is C21H23F5N6U. The van der Waals surface area contributed by atoms with Crippen LogP contribution < -0.4 is 10.2 Å². The maximum absolute atomic E-state index is 13.2. The van der Waals surface area contributed by atoms with Gasteiger partial charge in [-0.15, -0.1) is 6.54 Å². The van der Waals surface area contributed by atoms with Crippen molar-refractivity contribution in [1.29, 1.82) is 0 Å². The van der Waals surface area contributed by atoms with Crippen molar-refractivity contribution in [3.63, 3.8) is 0 Å². The molecule has 3 rings (SSSR count). The van der Waals surface area contributed by atoms with Gasteiger partial charge in [-0.3, -0.25) is 4.98 Å². The monoisotopic (exact) mass is 692 g/mol. The minimum atomic E-state index is -4.53. The van der Waals surface area contributed by atoms with E-state index in [-0.39, 0.29) is 43.2 Å². The molecule has 0 saturated carbocycles. The molecule has 1 fully saturated rings. The van der Waals surface area contributed by atoms with E-state index in [1.165, 1.54) is 12.1 Å². The summed E-state index contributed by atoms with van der Waals surface area (Å²) in [5.41, 5.74) is -0.355. The van der Waals surface area contributed by atoms with Crippen molar-refractivity contribution in [3.8, 4) is 0 Å². The molecule has 6 nitrogen and oxygen atoms in total. The third kappa shape index (κ3) is 8.34. The van der Waals surface area contributed by atoms with Gasteiger partial charge in [0.2, 0.25) is 5.95 Å². The summed E-state index contributed by atoms with van der Waals surface area (Å²) in [6.07, 6.45) is 3.93. The number of rotatable bonds is 6. The van der Waals surface area contributed by atoms with Crippen LogP contribution in [0.2, 0.25) is 0 Å². The number of anilines is 2. The van der Waals surface area contributed by atoms with Crippen molar-refractivity contribution >= 4 is 29.9 Å². The Labute approximate surface area is 213 Å². The smallest absolute Gasteiger partial charge is 0.425 e. The average Bonchev–Trinajstić information content (AvgIpc) is 2.78. The molecule has 1 aliphatic heterocycles. The number of piperidine rings is 1. The van der Waals surface area contributed by atoms with Gasteiger partial charge >= 0.3 is 37.3 Å². The molecule has 0 aromatic carbocycles. The van der Waals surface area contributed by atoms with Crippen molar-refractivity contribution in [2.24, 2.45) is 4.99 Å². The standard InChI is InChI=1S/C20H22F3N6.CHF2.U/c1-3-15-17(24-4-2)27-19(29-11-6-5-7-12-29)28-18(15)26-13-14-9-8-10-25-16(14)20(21,22)23;2-1-3;/h3-4,6,8-10H,1,5,7,11-13H2,2H3,(H,26,27,28);1H;/q2*-1;+2. The average molecular weight is 692 g/mol. The Morgan fingerprint density at radius 3 is 2.64 bits per heavy atom. The third-order valence-corrected chi connectivity index (χ3v) is 4.44. The van der Waals surface area contributed by atoms with E-state index in [9.17, 15) is 22.0 Å². The van der Waals surface area contributed by atoms with E-state index in [0.29, 0.717) is 29.7 Å². The summed E-state index contributed by atoms with van der Waals surface area (Å²) in [7, 11) is 0. The Hall–Kier alpha value is -2.06. The fraction of sp³-hybridized carbons (Fsp3) is 0.333. The minimum absolute atomic E-state index is 0. The van der Waals surface area contributed by atoms with Gasteiger partial charge in [0, 0.05) is 31.1 Å². The molecule has 1 saturated heterocycles. The first-order valence-electron chi connectivity index (χ1n) is 9.72. The summed E-state index contributed by atoms with van der Waals surface area (Å²) in [5, 5.41) is 3.00. The van der Waals surface area contributed by atoms with E-state index >= 15 is 0 Å². The van der Waals surface area contributed by atoms with E-state index in [0.717, 1.165) is 25.6 Å². The first kappa shape index (κ1) is 29.0. The molecule has 1 N–H and O–H groups in total. The zero-order valence-corrected chi connectivity index (χ0v) is 22.1. The van der Waals surface area contributed by atoms with Crippen LogP contribution in [0.3, 0.4) is 0 Å². The van der Waals surface area contributed by atoms with Crippen LogP contribution in [0.1, 0.15) is 36.6 Å². The molecule has 33 heavy (non-hydrogen) atoms. The predicted octanol–water partition coefficient (Wildman–Crippen LogP) is 5.72. The fourth-order valence-corrected chi connectivity index (χ4v) is 3.09. The van der Waals surface area contributed by atoms with Crippen LogP contribution >= 0.6 is 0 Å². The predicted molar refractivity (Wildman–Crippen MR) is 115 cm³/mol. The number of pyridine rings is 1. The minimum Gasteiger partial charge on any atom is -0.425 e. The van der Waals surface area contributed by atoms with Crippen LogP contribution in [0.25, 0.3) is 6.08 Å². The van der Waals surface area contributed by atoms with Crippen LogP contribution in [0.15, 0.2) is 29.9 Å². The number of halogens is 5. The third-order valence-electron chi connectivity index (χ3n) is 4.44. The SMILES string of the molecule is C=Cc1c(N=CC)nc(N2C[CH-]CCC2)nc1NCc1cccnc1C(F)(F)F.F[CH-]F.[U+2]. The van der Waals surface area contributed by atoms with E-state index in [1.807, 2.05) is 4.90 Å². The Morgan fingerprint density at radius 2 is 2.06 bits per heavy atom. The number of aliphatic imine (C=N–C) groups is 1. The maximum atomic E-state index is 13.2. The number of nitrogens with zero attached hydrogens (tertiary/aromatic N) is 5. The molecular weight excluding hydrogens is 669 g/mol. The van der Waals surface area contributed by atoms with E-state index in [4.69, 9.17) is 0 Å². The second kappa shape index (κ2) is 14.3. The number of aromatic nitrogens is 3. The van der Waals surface area contributed by atoms with Crippen LogP contribution in [0, 0.1) is 44.5 Å². The van der Waals surface area contributed by atoms with Gasteiger partial charge in [-0.1, -0.05) is 25.1 Å². The second-order valence-electron chi connectivity index (χ2n) is 6.52. The van der Waals surface area contributed by atoms with Gasteiger partial charge in [-0.05, 0) is 19.9 Å². The number of hydrogen-bond acceptors (Lipinski definition) is 6. The van der Waals surface area contributed by atoms with E-state index in [2.05, 4.69) is 38.3 Å². The summed E-state index contributed by atoms with van der Waals surface area (Å²) in [5.74, 6) is 1.29. The molecule has 176 valence electrons. The van der Waals surface area contributed by atoms with Gasteiger partial charge < -0.3 is 25.4 Å². The van der Waals surface area contributed by atoms with Gasteiger partial charge in [0.05, 0.1) is 5.56 Å². The first-order chi connectivity index (χ1) is 15.3. The van der Waals surface area contributed by atoms with Crippen molar-refractivity contribution < 1.29 is 53.1 Å². The Balaban J connectivity index is 0.00000129. The van der Waals surface area contributed by atoms with Crippen molar-refractivity contribution in [2.45, 2.75) is 32.5 Å². The summed E-state index contributed by atoms with van der Waals surface area (Å²) < 4.78 is 58.7. The van der Waals surface area contributed by atoms with Gasteiger partial charge in [-0.2, -0.15) is 29.6 Å². The zero-order chi connectivity index (χ0) is 23.6. The van der Waals surface area contributed by atoms with Crippen LogP contribution in [-0.2, 0) is 12.7 Å². The Kier molecular flexibility index (Phi) is 12.5. The van der Waals surface area contributed by atoms with Gasteiger partial charge in [0.25, 0.3) is 0 Å². The normalized spacial score (nSPS) is 13.7. The molecule has 2 aromatic rings. The maximum Gasteiger partial charge on any atom is 2.00 e. The topological polar surface area (TPSA) is 66.3 Å². The van der Waals surface area contributed by atoms with Crippen LogP contribution in [0.4, 0.5) is 39.5 Å². The number of hydrogen-bond donors (Lipinski definition) is 1. The summed E-state index contributed by atoms with van der Waals surface area (Å²) >= 11 is 0. The van der Waals surface area contributed by atoms with Crippen molar-refractivity contribution in [2.75, 3.05) is 23.3 Å². The van der Waals surface area contributed by atoms with Crippen LogP contribution in [-0.4, -0.2) is 34.3 Å². The quantitative estimate of drug-likeness (QED) is 0.239. The largest absolute Gasteiger partial charge is 2.00 e. The molecule has 0 unspecified atom stereocenters. The fourth-order valence-electron chi connectivity index (χ4n) is 3.09. The molecule has 12 heteroatoms. The molecule has 0 spiro atoms. The molecule has 0 atom stereocenters. The van der Waals surface area contributed by atoms with Crippen molar-refractivity contribution in [3.05, 3.63) is 55.1 Å². The molecule has 0 radical (unpaired) electrons. The summed E-state index contributed by atoms with van der Waals surface area (Å²) in [4.78, 5) is 18.9. The molecule has 0 aliphatic carbocycles. The van der Waals surface area contributed by atoms with E-state index in [1.54, 1.807) is 19.2 Å².